The highest BCUT2D eigenvalue weighted by atomic mass is 35.5. The normalized spacial score (nSPS) is 15.2. The van der Waals surface area contributed by atoms with E-state index in [1.54, 1.807) is 35.2 Å². The molecule has 32 heavy (non-hydrogen) atoms. The Balaban J connectivity index is 1.69. The number of amides is 1. The van der Waals surface area contributed by atoms with E-state index in [0.29, 0.717) is 34.1 Å². The van der Waals surface area contributed by atoms with Crippen molar-refractivity contribution in [1.82, 2.24) is 15.1 Å². The molecule has 2 heterocycles. The predicted octanol–water partition coefficient (Wildman–Crippen LogP) is 5.20. The number of phenolic OH excluding ortho intramolecular Hbond substituents is 2. The molecule has 3 N–H and O–H groups in total. The summed E-state index contributed by atoms with van der Waals surface area (Å²) in [6.45, 7) is 2.18. The summed E-state index contributed by atoms with van der Waals surface area (Å²) in [6.07, 6.45) is 0. The second-order valence-corrected chi connectivity index (χ2v) is 8.30. The zero-order valence-electron chi connectivity index (χ0n) is 17.2. The van der Waals surface area contributed by atoms with Gasteiger partial charge in [-0.25, -0.2) is 0 Å². The number of nitrogens with one attached hydrogen (secondary N) is 1. The third-order valence-electron chi connectivity index (χ3n) is 5.78. The van der Waals surface area contributed by atoms with Crippen LogP contribution in [0.3, 0.4) is 0 Å². The number of H-pyrrole nitrogens is 1. The highest BCUT2D eigenvalue weighted by Gasteiger charge is 2.42. The number of halogens is 1. The number of aromatic hydroxyl groups is 2. The third kappa shape index (κ3) is 3.29. The van der Waals surface area contributed by atoms with Crippen LogP contribution in [-0.4, -0.2) is 31.2 Å². The lowest BCUT2D eigenvalue weighted by Crippen LogP contribution is -2.29. The van der Waals surface area contributed by atoms with Gasteiger partial charge in [0.1, 0.15) is 22.9 Å². The van der Waals surface area contributed by atoms with Gasteiger partial charge in [-0.2, -0.15) is 5.10 Å². The summed E-state index contributed by atoms with van der Waals surface area (Å²) in [5.74, 6) is -0.0622. The maximum atomic E-state index is 13.4. The number of carbonyl (C=O) groups is 1. The zero-order valence-corrected chi connectivity index (χ0v) is 18.0. The Morgan fingerprint density at radius 1 is 1.06 bits per heavy atom. The average Bonchev–Trinajstić information content (AvgIpc) is 3.31. The van der Waals surface area contributed by atoms with Gasteiger partial charge >= 0.3 is 0 Å². The summed E-state index contributed by atoms with van der Waals surface area (Å²) < 4.78 is 0. The molecule has 0 fully saturated rings. The molecule has 0 saturated heterocycles. The van der Waals surface area contributed by atoms with Crippen molar-refractivity contribution in [3.63, 3.8) is 0 Å². The van der Waals surface area contributed by atoms with Crippen molar-refractivity contribution in [2.24, 2.45) is 0 Å². The summed E-state index contributed by atoms with van der Waals surface area (Å²) in [4.78, 5) is 15.2. The monoisotopic (exact) mass is 445 g/mol. The Morgan fingerprint density at radius 2 is 1.84 bits per heavy atom. The molecule has 1 atom stereocenters. The summed E-state index contributed by atoms with van der Waals surface area (Å²) in [7, 11) is 0. The van der Waals surface area contributed by atoms with Crippen molar-refractivity contribution in [3.8, 4) is 22.8 Å². The van der Waals surface area contributed by atoms with Gasteiger partial charge in [0.2, 0.25) is 0 Å². The SMILES string of the molecule is Cc1cc(O)c(-c2n[nH]c3c2C(c2cccc(O)c2)N(Cc2ccccc2)C3=O)cc1Cl. The van der Waals surface area contributed by atoms with E-state index >= 15 is 0 Å². The van der Waals surface area contributed by atoms with E-state index in [4.69, 9.17) is 11.6 Å². The minimum absolute atomic E-state index is 0.0322. The highest BCUT2D eigenvalue weighted by molar-refractivity contribution is 6.31. The number of nitrogens with zero attached hydrogens (tertiary/aromatic N) is 2. The number of phenols is 2. The lowest BCUT2D eigenvalue weighted by atomic mass is 9.95. The first-order valence-electron chi connectivity index (χ1n) is 10.2. The number of fused-ring (bicyclic) bond motifs is 1. The van der Waals surface area contributed by atoms with Gasteiger partial charge < -0.3 is 15.1 Å². The van der Waals surface area contributed by atoms with E-state index in [2.05, 4.69) is 10.2 Å². The molecule has 1 aliphatic rings. The van der Waals surface area contributed by atoms with Gasteiger partial charge in [0.25, 0.3) is 5.91 Å². The molecule has 7 heteroatoms. The van der Waals surface area contributed by atoms with Gasteiger partial charge in [-0.1, -0.05) is 54.1 Å². The molecule has 0 radical (unpaired) electrons. The molecule has 0 aliphatic carbocycles. The molecule has 3 aromatic carbocycles. The molecule has 0 bridgehead atoms. The maximum absolute atomic E-state index is 13.4. The topological polar surface area (TPSA) is 89.4 Å². The molecule has 0 spiro atoms. The fourth-order valence-corrected chi connectivity index (χ4v) is 4.41. The van der Waals surface area contributed by atoms with Crippen LogP contribution in [-0.2, 0) is 6.54 Å². The van der Waals surface area contributed by atoms with Crippen LogP contribution in [0.2, 0.25) is 5.02 Å². The fraction of sp³-hybridized carbons (Fsp3) is 0.120. The van der Waals surface area contributed by atoms with Crippen LogP contribution in [0.1, 0.15) is 38.8 Å². The molecule has 1 amide bonds. The Labute approximate surface area is 189 Å². The van der Waals surface area contributed by atoms with Crippen LogP contribution in [0, 0.1) is 6.92 Å². The van der Waals surface area contributed by atoms with Crippen molar-refractivity contribution in [2.45, 2.75) is 19.5 Å². The lowest BCUT2D eigenvalue weighted by molar-refractivity contribution is 0.0730. The number of aromatic amines is 1. The quantitative estimate of drug-likeness (QED) is 0.403. The van der Waals surface area contributed by atoms with Crippen molar-refractivity contribution in [1.29, 1.82) is 0 Å². The first kappa shape index (κ1) is 20.2. The van der Waals surface area contributed by atoms with Gasteiger partial charge in [-0.3, -0.25) is 9.89 Å². The Kier molecular flexibility index (Phi) is 4.87. The predicted molar refractivity (Wildman–Crippen MR) is 122 cm³/mol. The van der Waals surface area contributed by atoms with E-state index in [0.717, 1.165) is 16.7 Å². The van der Waals surface area contributed by atoms with Crippen molar-refractivity contribution in [3.05, 3.63) is 99.7 Å². The van der Waals surface area contributed by atoms with Gasteiger partial charge in [0, 0.05) is 22.7 Å². The van der Waals surface area contributed by atoms with Crippen molar-refractivity contribution >= 4 is 17.5 Å². The summed E-state index contributed by atoms with van der Waals surface area (Å²) in [5.41, 5.74) is 4.37. The molecule has 6 nitrogen and oxygen atoms in total. The number of benzene rings is 3. The lowest BCUT2D eigenvalue weighted by Gasteiger charge is -2.26. The average molecular weight is 446 g/mol. The van der Waals surface area contributed by atoms with Crippen LogP contribution in [0.25, 0.3) is 11.3 Å². The first-order chi connectivity index (χ1) is 15.4. The molecular formula is C25H20ClN3O3. The number of hydrogen-bond acceptors (Lipinski definition) is 4. The van der Waals surface area contributed by atoms with Crippen LogP contribution >= 0.6 is 11.6 Å². The Hall–Kier alpha value is -3.77. The van der Waals surface area contributed by atoms with Crippen molar-refractivity contribution in [2.75, 3.05) is 0 Å². The molecule has 5 rings (SSSR count). The molecule has 160 valence electrons. The number of aryl methyl sites for hydroxylation is 1. The minimum Gasteiger partial charge on any atom is -0.508 e. The van der Waals surface area contributed by atoms with E-state index in [9.17, 15) is 15.0 Å². The van der Waals surface area contributed by atoms with Gasteiger partial charge in [0.05, 0.1) is 6.04 Å². The number of aromatic nitrogens is 2. The second kappa shape index (κ2) is 7.73. The van der Waals surface area contributed by atoms with E-state index in [-0.39, 0.29) is 17.4 Å². The molecule has 1 unspecified atom stereocenters. The van der Waals surface area contributed by atoms with E-state index in [1.165, 1.54) is 0 Å². The molecule has 4 aromatic rings. The first-order valence-corrected chi connectivity index (χ1v) is 10.5. The maximum Gasteiger partial charge on any atom is 0.273 e. The van der Waals surface area contributed by atoms with Gasteiger partial charge in [-0.05, 0) is 47.9 Å². The van der Waals surface area contributed by atoms with Crippen LogP contribution in [0.5, 0.6) is 11.5 Å². The van der Waals surface area contributed by atoms with Crippen molar-refractivity contribution < 1.29 is 15.0 Å². The fourth-order valence-electron chi connectivity index (χ4n) is 4.24. The molecule has 0 saturated carbocycles. The van der Waals surface area contributed by atoms with Crippen LogP contribution < -0.4 is 0 Å². The van der Waals surface area contributed by atoms with Gasteiger partial charge in [-0.15, -0.1) is 0 Å². The molecular weight excluding hydrogens is 426 g/mol. The second-order valence-electron chi connectivity index (χ2n) is 7.90. The van der Waals surface area contributed by atoms with Gasteiger partial charge in [0.15, 0.2) is 0 Å². The zero-order chi connectivity index (χ0) is 22.4. The molecule has 1 aromatic heterocycles. The molecule has 1 aliphatic heterocycles. The third-order valence-corrected chi connectivity index (χ3v) is 6.18. The largest absolute Gasteiger partial charge is 0.508 e. The van der Waals surface area contributed by atoms with Crippen LogP contribution in [0.4, 0.5) is 0 Å². The summed E-state index contributed by atoms with van der Waals surface area (Å²) >= 11 is 6.33. The summed E-state index contributed by atoms with van der Waals surface area (Å²) in [5, 5.41) is 28.5. The van der Waals surface area contributed by atoms with E-state index in [1.807, 2.05) is 43.3 Å². The Morgan fingerprint density at radius 3 is 2.59 bits per heavy atom. The minimum atomic E-state index is -0.502. The van der Waals surface area contributed by atoms with E-state index < -0.39 is 6.04 Å². The standard InChI is InChI=1S/C25H20ClN3O3/c1-14-10-20(31)18(12-19(14)26)22-21-23(28-27-22)25(32)29(13-15-6-3-2-4-7-15)24(21)16-8-5-9-17(30)11-16/h2-12,24,30-31H,13H2,1H3,(H,27,28). The van der Waals surface area contributed by atoms with Crippen LogP contribution in [0.15, 0.2) is 66.7 Å². The highest BCUT2D eigenvalue weighted by Crippen LogP contribution is 2.46. The number of hydrogen-bond donors (Lipinski definition) is 3. The Bertz CT molecular complexity index is 1330. The number of rotatable bonds is 4. The smallest absolute Gasteiger partial charge is 0.273 e. The summed E-state index contributed by atoms with van der Waals surface area (Å²) in [6, 6.07) is 19.3. The number of carbonyl (C=O) groups excluding carboxylic acids is 1.